The molecule has 2 atom stereocenters. The van der Waals surface area contributed by atoms with Crippen molar-refractivity contribution < 1.29 is 13.9 Å². The van der Waals surface area contributed by atoms with E-state index in [9.17, 15) is 9.18 Å². The summed E-state index contributed by atoms with van der Waals surface area (Å²) >= 11 is 0. The van der Waals surface area contributed by atoms with Crippen LogP contribution in [0.5, 0.6) is 5.75 Å². The number of carbonyl (C=O) groups excluding carboxylic acids is 1. The lowest BCUT2D eigenvalue weighted by Crippen LogP contribution is -2.51. The zero-order chi connectivity index (χ0) is 17.5. The number of ether oxygens (including phenoxy) is 1. The van der Waals surface area contributed by atoms with Gasteiger partial charge in [-0.25, -0.2) is 4.39 Å². The van der Waals surface area contributed by atoms with Crippen LogP contribution in [-0.4, -0.2) is 54.5 Å². The van der Waals surface area contributed by atoms with Crippen LogP contribution in [0.2, 0.25) is 0 Å². The molecule has 0 bridgehead atoms. The van der Waals surface area contributed by atoms with Gasteiger partial charge in [0.15, 0.2) is 0 Å². The molecular formula is C19H29FN2O2. The Balaban J connectivity index is 1.81. The van der Waals surface area contributed by atoms with E-state index in [1.54, 1.807) is 12.1 Å². The smallest absolute Gasteiger partial charge is 0.239 e. The minimum atomic E-state index is -0.273. The summed E-state index contributed by atoms with van der Waals surface area (Å²) in [7, 11) is 1.95. The molecule has 2 rings (SSSR count). The highest BCUT2D eigenvalue weighted by Crippen LogP contribution is 2.21. The zero-order valence-corrected chi connectivity index (χ0v) is 15.0. The van der Waals surface area contributed by atoms with E-state index in [1.807, 2.05) is 18.9 Å². The molecule has 1 heterocycles. The second kappa shape index (κ2) is 9.02. The molecule has 1 aromatic rings. The third kappa shape index (κ3) is 4.94. The van der Waals surface area contributed by atoms with Gasteiger partial charge in [-0.05, 0) is 63.9 Å². The molecule has 4 nitrogen and oxygen atoms in total. The molecule has 0 N–H and O–H groups in total. The van der Waals surface area contributed by atoms with E-state index < -0.39 is 0 Å². The molecule has 134 valence electrons. The average molecular weight is 336 g/mol. The van der Waals surface area contributed by atoms with E-state index in [4.69, 9.17) is 4.74 Å². The summed E-state index contributed by atoms with van der Waals surface area (Å²) in [6, 6.07) is 6.22. The summed E-state index contributed by atoms with van der Waals surface area (Å²) in [4.78, 5) is 16.9. The molecule has 1 saturated heterocycles. The van der Waals surface area contributed by atoms with Crippen LogP contribution in [0.3, 0.4) is 0 Å². The normalized spacial score (nSPS) is 19.4. The Labute approximate surface area is 144 Å². The fourth-order valence-corrected chi connectivity index (χ4v) is 3.18. The number of halogens is 1. The topological polar surface area (TPSA) is 32.8 Å². The van der Waals surface area contributed by atoms with E-state index in [0.717, 1.165) is 25.8 Å². The lowest BCUT2D eigenvalue weighted by molar-refractivity contribution is -0.139. The largest absolute Gasteiger partial charge is 0.492 e. The van der Waals surface area contributed by atoms with E-state index in [0.29, 0.717) is 24.9 Å². The molecule has 5 heteroatoms. The zero-order valence-electron chi connectivity index (χ0n) is 15.0. The highest BCUT2D eigenvalue weighted by Gasteiger charge is 2.30. The summed E-state index contributed by atoms with van der Waals surface area (Å²) in [5.41, 5.74) is 0. The molecule has 0 aromatic heterocycles. The minimum Gasteiger partial charge on any atom is -0.492 e. The lowest BCUT2D eigenvalue weighted by atomic mass is 9.99. The van der Waals surface area contributed by atoms with Gasteiger partial charge in [-0.15, -0.1) is 0 Å². The maximum atomic E-state index is 12.9. The monoisotopic (exact) mass is 336 g/mol. The Hall–Kier alpha value is -1.62. The second-order valence-corrected chi connectivity index (χ2v) is 6.55. The van der Waals surface area contributed by atoms with Gasteiger partial charge in [0.2, 0.25) is 5.91 Å². The molecular weight excluding hydrogens is 307 g/mol. The lowest BCUT2D eigenvalue weighted by Gasteiger charge is -2.38. The van der Waals surface area contributed by atoms with Gasteiger partial charge in [0.1, 0.15) is 18.2 Å². The highest BCUT2D eigenvalue weighted by atomic mass is 19.1. The number of rotatable bonds is 7. The van der Waals surface area contributed by atoms with E-state index in [1.165, 1.54) is 18.6 Å². The molecule has 1 fully saturated rings. The van der Waals surface area contributed by atoms with Gasteiger partial charge in [0.05, 0.1) is 6.04 Å². The number of piperidine rings is 1. The Kier molecular flexibility index (Phi) is 7.03. The third-order valence-corrected chi connectivity index (χ3v) is 4.93. The van der Waals surface area contributed by atoms with Crippen LogP contribution in [0.15, 0.2) is 24.3 Å². The molecule has 1 amide bonds. The van der Waals surface area contributed by atoms with Crippen molar-refractivity contribution in [3.63, 3.8) is 0 Å². The molecule has 0 spiro atoms. The maximum Gasteiger partial charge on any atom is 0.239 e. The SMILES string of the molecule is CCC1CCCCN1C(=O)C(C)N(C)CCOc1ccc(F)cc1. The Morgan fingerprint density at radius 1 is 1.38 bits per heavy atom. The first-order valence-corrected chi connectivity index (χ1v) is 8.92. The summed E-state index contributed by atoms with van der Waals surface area (Å²) in [5, 5.41) is 0. The van der Waals surface area contributed by atoms with Crippen LogP contribution in [-0.2, 0) is 4.79 Å². The van der Waals surface area contributed by atoms with Crippen LogP contribution in [0.4, 0.5) is 4.39 Å². The number of nitrogens with zero attached hydrogens (tertiary/aromatic N) is 2. The summed E-state index contributed by atoms with van der Waals surface area (Å²) in [6.45, 7) is 6.11. The Bertz CT molecular complexity index is 521. The fraction of sp³-hybridized carbons (Fsp3) is 0.632. The van der Waals surface area contributed by atoms with Gasteiger partial charge in [-0.2, -0.15) is 0 Å². The van der Waals surface area contributed by atoms with Crippen molar-refractivity contribution in [1.29, 1.82) is 0 Å². The predicted octanol–water partition coefficient (Wildman–Crippen LogP) is 3.32. The first kappa shape index (κ1) is 18.7. The van der Waals surface area contributed by atoms with Gasteiger partial charge in [0.25, 0.3) is 0 Å². The molecule has 1 aliphatic heterocycles. The number of benzene rings is 1. The molecule has 24 heavy (non-hydrogen) atoms. The molecule has 1 aliphatic rings. The summed E-state index contributed by atoms with van der Waals surface area (Å²) in [5.74, 6) is 0.586. The number of carbonyl (C=O) groups is 1. The van der Waals surface area contributed by atoms with Gasteiger partial charge >= 0.3 is 0 Å². The maximum absolute atomic E-state index is 12.9. The molecule has 0 saturated carbocycles. The summed E-state index contributed by atoms with van der Waals surface area (Å²) in [6.07, 6.45) is 4.46. The number of hydrogen-bond acceptors (Lipinski definition) is 3. The van der Waals surface area contributed by atoms with Gasteiger partial charge in [-0.3, -0.25) is 9.69 Å². The number of amides is 1. The summed E-state index contributed by atoms with van der Waals surface area (Å²) < 4.78 is 18.5. The van der Waals surface area contributed by atoms with Gasteiger partial charge in [-0.1, -0.05) is 6.92 Å². The van der Waals surface area contributed by atoms with Crippen LogP contribution in [0.25, 0.3) is 0 Å². The van der Waals surface area contributed by atoms with Crippen molar-refractivity contribution in [2.75, 3.05) is 26.7 Å². The van der Waals surface area contributed by atoms with Crippen molar-refractivity contribution in [3.05, 3.63) is 30.1 Å². The van der Waals surface area contributed by atoms with Crippen LogP contribution in [0.1, 0.15) is 39.5 Å². The first-order chi connectivity index (χ1) is 11.5. The average Bonchev–Trinajstić information content (AvgIpc) is 2.62. The fourth-order valence-electron chi connectivity index (χ4n) is 3.18. The van der Waals surface area contributed by atoms with Crippen molar-refractivity contribution in [2.45, 2.75) is 51.6 Å². The van der Waals surface area contributed by atoms with E-state index >= 15 is 0 Å². The number of likely N-dealkylation sites (tertiary alicyclic amines) is 1. The Morgan fingerprint density at radius 2 is 2.08 bits per heavy atom. The molecule has 2 unspecified atom stereocenters. The van der Waals surface area contributed by atoms with Gasteiger partial charge < -0.3 is 9.64 Å². The van der Waals surface area contributed by atoms with Crippen LogP contribution < -0.4 is 4.74 Å². The van der Waals surface area contributed by atoms with E-state index in [-0.39, 0.29) is 17.8 Å². The predicted molar refractivity (Wildman–Crippen MR) is 93.6 cm³/mol. The standard InChI is InChI=1S/C19H29FN2O2/c1-4-17-7-5-6-12-22(17)19(23)15(2)21(3)13-14-24-18-10-8-16(20)9-11-18/h8-11,15,17H,4-7,12-14H2,1-3H3. The van der Waals surface area contributed by atoms with Crippen molar-refractivity contribution in [3.8, 4) is 5.75 Å². The minimum absolute atomic E-state index is 0.158. The quantitative estimate of drug-likeness (QED) is 0.766. The molecule has 0 aliphatic carbocycles. The van der Waals surface area contributed by atoms with Crippen molar-refractivity contribution >= 4 is 5.91 Å². The van der Waals surface area contributed by atoms with Crippen LogP contribution >= 0.6 is 0 Å². The van der Waals surface area contributed by atoms with Crippen molar-refractivity contribution in [2.24, 2.45) is 0 Å². The van der Waals surface area contributed by atoms with Gasteiger partial charge in [0, 0.05) is 19.1 Å². The van der Waals surface area contributed by atoms with E-state index in [2.05, 4.69) is 11.8 Å². The molecule has 0 radical (unpaired) electrons. The van der Waals surface area contributed by atoms with Crippen molar-refractivity contribution in [1.82, 2.24) is 9.80 Å². The number of likely N-dealkylation sites (N-methyl/N-ethyl adjacent to an activating group) is 1. The Morgan fingerprint density at radius 3 is 2.75 bits per heavy atom. The first-order valence-electron chi connectivity index (χ1n) is 8.92. The highest BCUT2D eigenvalue weighted by molar-refractivity contribution is 5.81. The second-order valence-electron chi connectivity index (χ2n) is 6.55. The molecule has 1 aromatic carbocycles. The third-order valence-electron chi connectivity index (χ3n) is 4.93. The number of hydrogen-bond donors (Lipinski definition) is 0. The van der Waals surface area contributed by atoms with Crippen LogP contribution in [0, 0.1) is 5.82 Å².